The van der Waals surface area contributed by atoms with E-state index in [2.05, 4.69) is 17.5 Å². The number of phenolic OH excluding ortho intramolecular Hbond substituents is 1. The summed E-state index contributed by atoms with van der Waals surface area (Å²) >= 11 is 12.4. The number of rotatable bonds is 1. The van der Waals surface area contributed by atoms with Crippen LogP contribution in [0.5, 0.6) is 5.75 Å². The van der Waals surface area contributed by atoms with E-state index in [0.29, 0.717) is 10.9 Å². The van der Waals surface area contributed by atoms with E-state index in [0.717, 1.165) is 22.7 Å². The normalized spacial score (nSPS) is 25.5. The van der Waals surface area contributed by atoms with Crippen molar-refractivity contribution in [1.29, 1.82) is 0 Å². The monoisotopic (exact) mass is 331 g/mol. The van der Waals surface area contributed by atoms with Crippen molar-refractivity contribution in [2.75, 3.05) is 5.32 Å². The first-order chi connectivity index (χ1) is 10.6. The SMILES string of the molecule is Oc1ccc(Cl)c2c1NC(c1ccc(Cl)cc1)C1CC=CC21. The molecule has 22 heavy (non-hydrogen) atoms. The van der Waals surface area contributed by atoms with Crippen molar-refractivity contribution in [1.82, 2.24) is 0 Å². The van der Waals surface area contributed by atoms with Crippen molar-refractivity contribution in [3.63, 3.8) is 0 Å². The molecule has 1 aliphatic carbocycles. The summed E-state index contributed by atoms with van der Waals surface area (Å²) < 4.78 is 0. The van der Waals surface area contributed by atoms with Crippen LogP contribution >= 0.6 is 23.2 Å². The summed E-state index contributed by atoms with van der Waals surface area (Å²) in [6.07, 6.45) is 5.41. The topological polar surface area (TPSA) is 32.3 Å². The lowest BCUT2D eigenvalue weighted by atomic mass is 9.77. The van der Waals surface area contributed by atoms with E-state index < -0.39 is 0 Å². The lowest BCUT2D eigenvalue weighted by Gasteiger charge is -2.38. The van der Waals surface area contributed by atoms with Gasteiger partial charge in [0.05, 0.1) is 11.7 Å². The molecule has 4 rings (SSSR count). The highest BCUT2D eigenvalue weighted by Crippen LogP contribution is 2.54. The highest BCUT2D eigenvalue weighted by molar-refractivity contribution is 6.32. The van der Waals surface area contributed by atoms with Gasteiger partial charge in [0.1, 0.15) is 5.75 Å². The summed E-state index contributed by atoms with van der Waals surface area (Å²) in [6.45, 7) is 0. The second-order valence-corrected chi connectivity index (χ2v) is 6.73. The zero-order valence-corrected chi connectivity index (χ0v) is 13.3. The fraction of sp³-hybridized carbons (Fsp3) is 0.222. The Balaban J connectivity index is 1.84. The molecule has 0 fully saturated rings. The molecular formula is C18H15Cl2NO. The number of hydrogen-bond acceptors (Lipinski definition) is 2. The van der Waals surface area contributed by atoms with Crippen LogP contribution in [0.25, 0.3) is 0 Å². The number of anilines is 1. The van der Waals surface area contributed by atoms with Crippen LogP contribution in [0.4, 0.5) is 5.69 Å². The zero-order valence-electron chi connectivity index (χ0n) is 11.8. The van der Waals surface area contributed by atoms with Crippen molar-refractivity contribution >= 4 is 28.9 Å². The number of nitrogens with one attached hydrogen (secondary N) is 1. The average molecular weight is 332 g/mol. The summed E-state index contributed by atoms with van der Waals surface area (Å²) in [7, 11) is 0. The predicted octanol–water partition coefficient (Wildman–Crippen LogP) is 5.53. The fourth-order valence-corrected chi connectivity index (χ4v) is 4.06. The zero-order chi connectivity index (χ0) is 15.3. The minimum atomic E-state index is 0.133. The predicted molar refractivity (Wildman–Crippen MR) is 90.9 cm³/mol. The Hall–Kier alpha value is -1.64. The molecule has 0 spiro atoms. The molecule has 0 saturated carbocycles. The van der Waals surface area contributed by atoms with Crippen molar-refractivity contribution in [2.24, 2.45) is 5.92 Å². The lowest BCUT2D eigenvalue weighted by molar-refractivity contribution is 0.415. The molecule has 4 heteroatoms. The lowest BCUT2D eigenvalue weighted by Crippen LogP contribution is -2.29. The molecule has 0 saturated heterocycles. The van der Waals surface area contributed by atoms with Crippen LogP contribution in [0, 0.1) is 5.92 Å². The molecule has 0 aromatic heterocycles. The maximum absolute atomic E-state index is 10.2. The fourth-order valence-electron chi connectivity index (χ4n) is 3.65. The largest absolute Gasteiger partial charge is 0.506 e. The van der Waals surface area contributed by atoms with Gasteiger partial charge in [-0.25, -0.2) is 0 Å². The van der Waals surface area contributed by atoms with Crippen LogP contribution in [-0.2, 0) is 0 Å². The molecule has 0 radical (unpaired) electrons. The first-order valence-electron chi connectivity index (χ1n) is 7.35. The third-order valence-corrected chi connectivity index (χ3v) is 5.26. The van der Waals surface area contributed by atoms with Crippen LogP contribution in [0.1, 0.15) is 29.5 Å². The van der Waals surface area contributed by atoms with Gasteiger partial charge in [0, 0.05) is 21.5 Å². The van der Waals surface area contributed by atoms with Gasteiger partial charge < -0.3 is 10.4 Å². The third kappa shape index (κ3) is 2.10. The van der Waals surface area contributed by atoms with E-state index in [1.807, 2.05) is 24.3 Å². The van der Waals surface area contributed by atoms with Gasteiger partial charge in [-0.2, -0.15) is 0 Å². The van der Waals surface area contributed by atoms with E-state index in [1.54, 1.807) is 12.1 Å². The van der Waals surface area contributed by atoms with Crippen molar-refractivity contribution in [3.8, 4) is 5.75 Å². The standard InChI is InChI=1S/C18H15Cl2NO/c19-11-6-4-10(5-7-11)17-13-3-1-2-12(13)16-14(20)8-9-15(22)18(16)21-17/h1-2,4-9,12-13,17,21-22H,3H2. The van der Waals surface area contributed by atoms with Gasteiger partial charge >= 0.3 is 0 Å². The number of phenols is 1. The van der Waals surface area contributed by atoms with Crippen LogP contribution in [-0.4, -0.2) is 5.11 Å². The number of halogens is 2. The molecule has 2 N–H and O–H groups in total. The number of benzene rings is 2. The van der Waals surface area contributed by atoms with Gasteiger partial charge in [-0.1, -0.05) is 47.5 Å². The van der Waals surface area contributed by atoms with E-state index in [1.165, 1.54) is 5.56 Å². The summed E-state index contributed by atoms with van der Waals surface area (Å²) in [5.74, 6) is 0.876. The van der Waals surface area contributed by atoms with Crippen molar-refractivity contribution in [3.05, 3.63) is 69.7 Å². The Morgan fingerprint density at radius 2 is 1.82 bits per heavy atom. The number of aromatic hydroxyl groups is 1. The van der Waals surface area contributed by atoms with Gasteiger partial charge in [-0.3, -0.25) is 0 Å². The van der Waals surface area contributed by atoms with E-state index >= 15 is 0 Å². The molecule has 112 valence electrons. The van der Waals surface area contributed by atoms with Crippen LogP contribution in [0.3, 0.4) is 0 Å². The van der Waals surface area contributed by atoms with Gasteiger partial charge in [0.2, 0.25) is 0 Å². The minimum Gasteiger partial charge on any atom is -0.506 e. The Kier molecular flexibility index (Phi) is 3.32. The van der Waals surface area contributed by atoms with Gasteiger partial charge in [0.25, 0.3) is 0 Å². The molecule has 2 nitrogen and oxygen atoms in total. The van der Waals surface area contributed by atoms with Gasteiger partial charge in [0.15, 0.2) is 0 Å². The average Bonchev–Trinajstić information content (AvgIpc) is 3.00. The molecule has 1 heterocycles. The summed E-state index contributed by atoms with van der Waals surface area (Å²) in [5, 5.41) is 15.2. The molecule has 2 aromatic rings. The maximum atomic E-state index is 10.2. The highest BCUT2D eigenvalue weighted by Gasteiger charge is 2.40. The van der Waals surface area contributed by atoms with Crippen LogP contribution in [0.15, 0.2) is 48.6 Å². The van der Waals surface area contributed by atoms with Crippen molar-refractivity contribution < 1.29 is 5.11 Å². The Morgan fingerprint density at radius 3 is 2.59 bits per heavy atom. The second kappa shape index (κ2) is 5.22. The summed E-state index contributed by atoms with van der Waals surface area (Å²) in [5.41, 5.74) is 2.93. The first-order valence-corrected chi connectivity index (χ1v) is 8.11. The molecular weight excluding hydrogens is 317 g/mol. The Morgan fingerprint density at radius 1 is 1.05 bits per heavy atom. The first kappa shape index (κ1) is 14.0. The van der Waals surface area contributed by atoms with Gasteiger partial charge in [-0.05, 0) is 42.2 Å². The van der Waals surface area contributed by atoms with Crippen LogP contribution < -0.4 is 5.32 Å². The molecule has 2 aliphatic rings. The molecule has 3 unspecified atom stereocenters. The number of hydrogen-bond donors (Lipinski definition) is 2. The number of fused-ring (bicyclic) bond motifs is 3. The van der Waals surface area contributed by atoms with E-state index in [4.69, 9.17) is 23.2 Å². The van der Waals surface area contributed by atoms with Crippen LogP contribution in [0.2, 0.25) is 10.0 Å². The third-order valence-electron chi connectivity index (χ3n) is 4.67. The highest BCUT2D eigenvalue weighted by atomic mass is 35.5. The minimum absolute atomic E-state index is 0.133. The summed E-state index contributed by atoms with van der Waals surface area (Å²) in [4.78, 5) is 0. The number of allylic oxidation sites excluding steroid dienone is 2. The quantitative estimate of drug-likeness (QED) is 0.532. The summed E-state index contributed by atoms with van der Waals surface area (Å²) in [6, 6.07) is 11.4. The second-order valence-electron chi connectivity index (χ2n) is 5.88. The Bertz CT molecular complexity index is 754. The molecule has 0 amide bonds. The molecule has 3 atom stereocenters. The smallest absolute Gasteiger partial charge is 0.139 e. The Labute approximate surface area is 139 Å². The van der Waals surface area contributed by atoms with Crippen molar-refractivity contribution in [2.45, 2.75) is 18.4 Å². The van der Waals surface area contributed by atoms with E-state index in [9.17, 15) is 5.11 Å². The molecule has 2 aromatic carbocycles. The maximum Gasteiger partial charge on any atom is 0.139 e. The van der Waals surface area contributed by atoms with Gasteiger partial charge in [-0.15, -0.1) is 0 Å². The molecule has 0 bridgehead atoms. The molecule has 1 aliphatic heterocycles. The van der Waals surface area contributed by atoms with E-state index in [-0.39, 0.29) is 17.7 Å².